The van der Waals surface area contributed by atoms with Crippen molar-refractivity contribution < 1.29 is 14.5 Å². The number of quaternary nitrogens is 2. The number of tetrazole rings is 1. The number of nitrogens with one attached hydrogen (secondary N) is 2. The molecule has 1 aromatic heterocycles. The van der Waals surface area contributed by atoms with Crippen LogP contribution in [-0.2, 0) is 6.54 Å². The number of likely N-dealkylation sites (N-methyl/N-ethyl adjacent to an activating group) is 1. The molecular formula is C19H32N6O+2. The van der Waals surface area contributed by atoms with E-state index in [9.17, 15) is 0 Å². The summed E-state index contributed by atoms with van der Waals surface area (Å²) >= 11 is 0. The van der Waals surface area contributed by atoms with E-state index < -0.39 is 0 Å². The standard InChI is InChI=1S/C19H30N6O/c1-15(2)9-10-25-19(20-21-22-25)18(24-13-11-23(3)12-14-24)16-5-7-17(26-4)8-6-16/h5-8,15,18H,9-14H2,1-4H3/p+2/t18-/m0/s1. The van der Waals surface area contributed by atoms with Crippen LogP contribution in [0, 0.1) is 5.92 Å². The van der Waals surface area contributed by atoms with Gasteiger partial charge >= 0.3 is 0 Å². The van der Waals surface area contributed by atoms with Gasteiger partial charge in [0.25, 0.3) is 0 Å². The molecule has 0 radical (unpaired) electrons. The third-order valence-electron chi connectivity index (χ3n) is 5.34. The Balaban J connectivity index is 1.91. The Morgan fingerprint density at radius 3 is 2.42 bits per heavy atom. The highest BCUT2D eigenvalue weighted by Gasteiger charge is 2.34. The number of methoxy groups -OCH3 is 1. The van der Waals surface area contributed by atoms with Gasteiger partial charge in [0.05, 0.1) is 14.2 Å². The molecule has 7 heteroatoms. The van der Waals surface area contributed by atoms with Crippen molar-refractivity contribution in [1.82, 2.24) is 20.2 Å². The van der Waals surface area contributed by atoms with Crippen LogP contribution in [0.25, 0.3) is 0 Å². The van der Waals surface area contributed by atoms with E-state index >= 15 is 0 Å². The topological polar surface area (TPSA) is 61.7 Å². The molecule has 0 unspecified atom stereocenters. The highest BCUT2D eigenvalue weighted by atomic mass is 16.5. The molecule has 7 nitrogen and oxygen atoms in total. The minimum Gasteiger partial charge on any atom is -0.497 e. The zero-order valence-corrected chi connectivity index (χ0v) is 16.4. The van der Waals surface area contributed by atoms with Gasteiger partial charge in [-0.1, -0.05) is 13.8 Å². The highest BCUT2D eigenvalue weighted by molar-refractivity contribution is 5.30. The second-order valence-corrected chi connectivity index (χ2v) is 7.76. The molecule has 26 heavy (non-hydrogen) atoms. The molecule has 2 aromatic rings. The lowest BCUT2D eigenvalue weighted by Crippen LogP contribution is -3.27. The number of hydrogen-bond acceptors (Lipinski definition) is 4. The molecule has 0 saturated carbocycles. The van der Waals surface area contributed by atoms with Crippen molar-refractivity contribution >= 4 is 0 Å². The minimum absolute atomic E-state index is 0.163. The van der Waals surface area contributed by atoms with Gasteiger partial charge in [0.1, 0.15) is 31.9 Å². The zero-order chi connectivity index (χ0) is 18.5. The summed E-state index contributed by atoms with van der Waals surface area (Å²) in [6.45, 7) is 9.94. The predicted molar refractivity (Wildman–Crippen MR) is 99.4 cm³/mol. The highest BCUT2D eigenvalue weighted by Crippen LogP contribution is 2.21. The van der Waals surface area contributed by atoms with Crippen LogP contribution in [0.4, 0.5) is 0 Å². The molecule has 1 atom stereocenters. The summed E-state index contributed by atoms with van der Waals surface area (Å²) in [6.07, 6.45) is 1.08. The van der Waals surface area contributed by atoms with Crippen LogP contribution in [0.1, 0.15) is 37.7 Å². The summed E-state index contributed by atoms with van der Waals surface area (Å²) in [5.41, 5.74) is 1.25. The first-order valence-electron chi connectivity index (χ1n) is 9.64. The molecule has 1 aromatic carbocycles. The second kappa shape index (κ2) is 8.60. The van der Waals surface area contributed by atoms with Crippen molar-refractivity contribution in [2.75, 3.05) is 40.3 Å². The van der Waals surface area contributed by atoms with Gasteiger partial charge in [-0.25, -0.2) is 4.68 Å². The maximum absolute atomic E-state index is 5.33. The van der Waals surface area contributed by atoms with Gasteiger partial charge in [0.15, 0.2) is 6.04 Å². The fraction of sp³-hybridized carbons (Fsp3) is 0.632. The predicted octanol–water partition coefficient (Wildman–Crippen LogP) is -0.770. The Kier molecular flexibility index (Phi) is 6.21. The molecule has 1 saturated heterocycles. The average Bonchev–Trinajstić information content (AvgIpc) is 3.10. The van der Waals surface area contributed by atoms with Crippen LogP contribution in [0.15, 0.2) is 24.3 Å². The van der Waals surface area contributed by atoms with Crippen molar-refractivity contribution in [2.24, 2.45) is 5.92 Å². The Bertz CT molecular complexity index is 676. The number of hydrogen-bond donors (Lipinski definition) is 2. The summed E-state index contributed by atoms with van der Waals surface area (Å²) in [5.74, 6) is 2.49. The summed E-state index contributed by atoms with van der Waals surface area (Å²) in [4.78, 5) is 3.14. The maximum Gasteiger partial charge on any atom is 0.214 e. The number of nitrogens with zero attached hydrogens (tertiary/aromatic N) is 4. The molecule has 1 aliphatic heterocycles. The number of aryl methyl sites for hydroxylation is 1. The van der Waals surface area contributed by atoms with Crippen LogP contribution in [0.5, 0.6) is 5.75 Å². The SMILES string of the molecule is COc1ccc([C@@H](c2nnnn2CCC(C)C)[NH+]2CC[NH+](C)CC2)cc1. The van der Waals surface area contributed by atoms with E-state index in [1.54, 1.807) is 16.9 Å². The lowest BCUT2D eigenvalue weighted by atomic mass is 10.0. The van der Waals surface area contributed by atoms with Gasteiger partial charge in [-0.2, -0.15) is 0 Å². The van der Waals surface area contributed by atoms with Gasteiger partial charge in [0.2, 0.25) is 5.82 Å². The van der Waals surface area contributed by atoms with Crippen molar-refractivity contribution in [1.29, 1.82) is 0 Å². The summed E-state index contributed by atoms with van der Waals surface area (Å²) in [6, 6.07) is 8.54. The van der Waals surface area contributed by atoms with Crippen LogP contribution < -0.4 is 14.5 Å². The molecule has 0 spiro atoms. The third kappa shape index (κ3) is 4.40. The maximum atomic E-state index is 5.33. The van der Waals surface area contributed by atoms with Crippen LogP contribution >= 0.6 is 0 Å². The van der Waals surface area contributed by atoms with Gasteiger partial charge in [-0.15, -0.1) is 5.10 Å². The van der Waals surface area contributed by atoms with Crippen molar-refractivity contribution in [3.8, 4) is 5.75 Å². The van der Waals surface area contributed by atoms with Crippen LogP contribution in [-0.4, -0.2) is 60.5 Å². The Morgan fingerprint density at radius 2 is 1.81 bits per heavy atom. The average molecular weight is 361 g/mol. The second-order valence-electron chi connectivity index (χ2n) is 7.76. The fourth-order valence-electron chi connectivity index (χ4n) is 3.61. The summed E-state index contributed by atoms with van der Waals surface area (Å²) < 4.78 is 7.34. The number of benzene rings is 1. The first-order valence-corrected chi connectivity index (χ1v) is 9.64. The first kappa shape index (κ1) is 18.8. The van der Waals surface area contributed by atoms with Crippen LogP contribution in [0.3, 0.4) is 0 Å². The molecule has 142 valence electrons. The molecule has 0 amide bonds. The van der Waals surface area contributed by atoms with Gasteiger partial charge in [-0.3, -0.25) is 0 Å². The zero-order valence-electron chi connectivity index (χ0n) is 16.4. The Morgan fingerprint density at radius 1 is 1.12 bits per heavy atom. The molecule has 3 rings (SSSR count). The third-order valence-corrected chi connectivity index (χ3v) is 5.34. The molecule has 1 fully saturated rings. The molecule has 1 aliphatic rings. The van der Waals surface area contributed by atoms with Gasteiger partial charge in [0, 0.05) is 12.1 Å². The molecule has 0 aliphatic carbocycles. The van der Waals surface area contributed by atoms with Crippen LogP contribution in [0.2, 0.25) is 0 Å². The lowest BCUT2D eigenvalue weighted by molar-refractivity contribution is -1.02. The first-order chi connectivity index (χ1) is 12.6. The normalized spacial score (nSPS) is 21.7. The van der Waals surface area contributed by atoms with E-state index in [-0.39, 0.29) is 6.04 Å². The largest absolute Gasteiger partial charge is 0.497 e. The molecular weight excluding hydrogens is 328 g/mol. The van der Waals surface area contributed by atoms with Gasteiger partial charge in [-0.05, 0) is 47.0 Å². The van der Waals surface area contributed by atoms with E-state index in [0.29, 0.717) is 5.92 Å². The lowest BCUT2D eigenvalue weighted by Gasteiger charge is -2.32. The summed E-state index contributed by atoms with van der Waals surface area (Å²) in [7, 11) is 3.97. The number of aromatic nitrogens is 4. The number of ether oxygens (including phenoxy) is 1. The van der Waals surface area contributed by atoms with Crippen molar-refractivity contribution in [3.63, 3.8) is 0 Å². The van der Waals surface area contributed by atoms with E-state index in [0.717, 1.165) is 37.6 Å². The van der Waals surface area contributed by atoms with E-state index in [4.69, 9.17) is 4.74 Å². The smallest absolute Gasteiger partial charge is 0.214 e. The minimum atomic E-state index is 0.163. The van der Waals surface area contributed by atoms with Crippen molar-refractivity contribution in [2.45, 2.75) is 32.9 Å². The number of rotatable bonds is 7. The number of piperazine rings is 1. The quantitative estimate of drug-likeness (QED) is 0.681. The Labute approximate surface area is 155 Å². The molecule has 0 bridgehead atoms. The summed E-state index contributed by atoms with van der Waals surface area (Å²) in [5, 5.41) is 12.8. The molecule has 2 N–H and O–H groups in total. The molecule has 2 heterocycles. The van der Waals surface area contributed by atoms with E-state index in [1.165, 1.54) is 18.7 Å². The fourth-order valence-corrected chi connectivity index (χ4v) is 3.61. The monoisotopic (exact) mass is 360 g/mol. The van der Waals surface area contributed by atoms with E-state index in [1.807, 2.05) is 16.8 Å². The Hall–Kier alpha value is -1.99. The van der Waals surface area contributed by atoms with E-state index in [2.05, 4.69) is 48.6 Å². The van der Waals surface area contributed by atoms with Gasteiger partial charge < -0.3 is 14.5 Å². The van der Waals surface area contributed by atoms with Crippen molar-refractivity contribution in [3.05, 3.63) is 35.7 Å².